The lowest BCUT2D eigenvalue weighted by molar-refractivity contribution is -0.115. The second kappa shape index (κ2) is 8.96. The van der Waals surface area contributed by atoms with Crippen LogP contribution in [0.2, 0.25) is 0 Å². The summed E-state index contributed by atoms with van der Waals surface area (Å²) in [4.78, 5) is 12.7. The second-order valence-electron chi connectivity index (χ2n) is 7.61. The number of amides is 1. The predicted molar refractivity (Wildman–Crippen MR) is 124 cm³/mol. The number of aromatic nitrogens is 1. The lowest BCUT2D eigenvalue weighted by Gasteiger charge is -2.10. The summed E-state index contributed by atoms with van der Waals surface area (Å²) in [7, 11) is 3.29. The first-order chi connectivity index (χ1) is 15.1. The zero-order chi connectivity index (χ0) is 21.8. The number of nitrogens with one attached hydrogen (secondary N) is 1. The maximum atomic E-state index is 12.7. The Morgan fingerprint density at radius 2 is 1.68 bits per heavy atom. The van der Waals surface area contributed by atoms with Crippen molar-refractivity contribution in [3.63, 3.8) is 0 Å². The average Bonchev–Trinajstić information content (AvgIpc) is 3.10. The largest absolute Gasteiger partial charge is 0.497 e. The highest BCUT2D eigenvalue weighted by Gasteiger charge is 2.13. The number of para-hydroxylation sites is 1. The first kappa shape index (κ1) is 20.5. The fourth-order valence-corrected chi connectivity index (χ4v) is 3.85. The molecule has 0 aliphatic carbocycles. The van der Waals surface area contributed by atoms with Crippen LogP contribution in [0.15, 0.2) is 72.9 Å². The monoisotopic (exact) mass is 414 g/mol. The number of fused-ring (bicyclic) bond motifs is 1. The zero-order valence-corrected chi connectivity index (χ0v) is 18.0. The van der Waals surface area contributed by atoms with E-state index < -0.39 is 0 Å². The molecule has 3 aromatic carbocycles. The van der Waals surface area contributed by atoms with Gasteiger partial charge in [0.25, 0.3) is 0 Å². The van der Waals surface area contributed by atoms with Gasteiger partial charge in [-0.15, -0.1) is 0 Å². The Balaban J connectivity index is 1.61. The molecule has 0 bridgehead atoms. The van der Waals surface area contributed by atoms with Crippen LogP contribution >= 0.6 is 0 Å². The number of rotatable bonds is 7. The zero-order valence-electron chi connectivity index (χ0n) is 18.0. The second-order valence-corrected chi connectivity index (χ2v) is 7.61. The van der Waals surface area contributed by atoms with E-state index in [1.165, 1.54) is 0 Å². The van der Waals surface area contributed by atoms with Crippen molar-refractivity contribution in [1.82, 2.24) is 4.57 Å². The summed E-state index contributed by atoms with van der Waals surface area (Å²) >= 11 is 0. The summed E-state index contributed by atoms with van der Waals surface area (Å²) in [5.41, 5.74) is 5.08. The van der Waals surface area contributed by atoms with Gasteiger partial charge in [0.2, 0.25) is 5.91 Å². The Bertz CT molecular complexity index is 1200. The van der Waals surface area contributed by atoms with E-state index in [0.29, 0.717) is 13.0 Å². The van der Waals surface area contributed by atoms with Crippen LogP contribution in [0.1, 0.15) is 16.7 Å². The van der Waals surface area contributed by atoms with Crippen molar-refractivity contribution >= 4 is 22.5 Å². The number of anilines is 1. The molecule has 0 radical (unpaired) electrons. The third kappa shape index (κ3) is 4.72. The van der Waals surface area contributed by atoms with Gasteiger partial charge >= 0.3 is 0 Å². The number of hydrogen-bond donors (Lipinski definition) is 1. The van der Waals surface area contributed by atoms with Crippen molar-refractivity contribution in [2.75, 3.05) is 19.5 Å². The maximum absolute atomic E-state index is 12.7. The Kier molecular flexibility index (Phi) is 5.94. The van der Waals surface area contributed by atoms with Gasteiger partial charge in [-0.05, 0) is 53.9 Å². The maximum Gasteiger partial charge on any atom is 0.228 e. The van der Waals surface area contributed by atoms with E-state index in [4.69, 9.17) is 9.47 Å². The first-order valence-electron chi connectivity index (χ1n) is 10.2. The topological polar surface area (TPSA) is 52.5 Å². The molecule has 0 unspecified atom stereocenters. The number of benzene rings is 3. The van der Waals surface area contributed by atoms with Gasteiger partial charge in [-0.3, -0.25) is 4.79 Å². The van der Waals surface area contributed by atoms with Gasteiger partial charge in [0.05, 0.1) is 20.6 Å². The highest BCUT2D eigenvalue weighted by atomic mass is 16.5. The molecule has 5 heteroatoms. The summed E-state index contributed by atoms with van der Waals surface area (Å²) in [5, 5.41) is 4.08. The van der Waals surface area contributed by atoms with E-state index in [9.17, 15) is 4.79 Å². The van der Waals surface area contributed by atoms with Gasteiger partial charge in [0, 0.05) is 35.4 Å². The van der Waals surface area contributed by atoms with Crippen molar-refractivity contribution < 1.29 is 14.3 Å². The minimum absolute atomic E-state index is 0.0310. The van der Waals surface area contributed by atoms with Crippen molar-refractivity contribution in [2.24, 2.45) is 0 Å². The Morgan fingerprint density at radius 1 is 0.935 bits per heavy atom. The predicted octanol–water partition coefficient (Wildman–Crippen LogP) is 5.20. The third-order valence-corrected chi connectivity index (χ3v) is 5.29. The van der Waals surface area contributed by atoms with Crippen LogP contribution < -0.4 is 14.8 Å². The van der Waals surface area contributed by atoms with Gasteiger partial charge in [0.1, 0.15) is 11.5 Å². The van der Waals surface area contributed by atoms with Crippen molar-refractivity contribution in [3.8, 4) is 11.5 Å². The molecule has 31 heavy (non-hydrogen) atoms. The molecule has 0 saturated carbocycles. The molecule has 0 atom stereocenters. The lowest BCUT2D eigenvalue weighted by atomic mass is 10.1. The van der Waals surface area contributed by atoms with Gasteiger partial charge in [-0.25, -0.2) is 0 Å². The molecule has 4 aromatic rings. The number of ether oxygens (including phenoxy) is 2. The summed E-state index contributed by atoms with van der Waals surface area (Å²) < 4.78 is 13.0. The summed E-state index contributed by atoms with van der Waals surface area (Å²) in [6.07, 6.45) is 2.37. The minimum atomic E-state index is -0.0310. The smallest absolute Gasteiger partial charge is 0.228 e. The van der Waals surface area contributed by atoms with Gasteiger partial charge in [-0.1, -0.05) is 30.3 Å². The molecule has 1 N–H and O–H groups in total. The number of carbonyl (C=O) groups excluding carboxylic acids is 1. The molecule has 0 spiro atoms. The molecule has 0 fully saturated rings. The van der Waals surface area contributed by atoms with E-state index in [-0.39, 0.29) is 5.91 Å². The fourth-order valence-electron chi connectivity index (χ4n) is 3.85. The number of methoxy groups -OCH3 is 2. The van der Waals surface area contributed by atoms with Gasteiger partial charge < -0.3 is 19.4 Å². The number of aryl methyl sites for hydroxylation is 1. The van der Waals surface area contributed by atoms with Crippen LogP contribution in [-0.2, 0) is 17.8 Å². The molecular formula is C26H26N2O3. The molecule has 1 aromatic heterocycles. The van der Waals surface area contributed by atoms with Crippen LogP contribution in [-0.4, -0.2) is 24.7 Å². The quantitative estimate of drug-likeness (QED) is 0.452. The van der Waals surface area contributed by atoms with Crippen LogP contribution in [0.5, 0.6) is 11.5 Å². The van der Waals surface area contributed by atoms with E-state index in [1.807, 2.05) is 61.5 Å². The highest BCUT2D eigenvalue weighted by Crippen LogP contribution is 2.27. The molecule has 4 rings (SSSR count). The Morgan fingerprint density at radius 3 is 2.39 bits per heavy atom. The van der Waals surface area contributed by atoms with Crippen LogP contribution in [0.4, 0.5) is 5.69 Å². The van der Waals surface area contributed by atoms with Gasteiger partial charge in [-0.2, -0.15) is 0 Å². The van der Waals surface area contributed by atoms with Crippen molar-refractivity contribution in [1.29, 1.82) is 0 Å². The standard InChI is InChI=1S/C26H26N2O3/c1-18-7-6-8-21(11-18)27-26(29)14-20-17-28(25-10-5-4-9-24(20)25)16-19-12-22(30-2)15-23(13-19)31-3/h4-13,15,17H,14,16H2,1-3H3,(H,27,29). The van der Waals surface area contributed by atoms with E-state index in [1.54, 1.807) is 14.2 Å². The molecule has 1 amide bonds. The van der Waals surface area contributed by atoms with Gasteiger partial charge in [0.15, 0.2) is 0 Å². The summed E-state index contributed by atoms with van der Waals surface area (Å²) in [6.45, 7) is 2.66. The molecular weight excluding hydrogens is 388 g/mol. The van der Waals surface area contributed by atoms with E-state index in [2.05, 4.69) is 28.2 Å². The Labute approximate surface area is 182 Å². The van der Waals surface area contributed by atoms with Crippen molar-refractivity contribution in [2.45, 2.75) is 19.9 Å². The normalized spacial score (nSPS) is 10.8. The summed E-state index contributed by atoms with van der Waals surface area (Å²) in [5.74, 6) is 1.48. The number of hydrogen-bond acceptors (Lipinski definition) is 3. The molecule has 0 aliphatic rings. The van der Waals surface area contributed by atoms with E-state index in [0.717, 1.165) is 44.8 Å². The van der Waals surface area contributed by atoms with Crippen LogP contribution in [0.25, 0.3) is 10.9 Å². The fraction of sp³-hybridized carbons (Fsp3) is 0.192. The third-order valence-electron chi connectivity index (χ3n) is 5.29. The van der Waals surface area contributed by atoms with E-state index >= 15 is 0 Å². The molecule has 0 saturated heterocycles. The number of nitrogens with zero attached hydrogens (tertiary/aromatic N) is 1. The highest BCUT2D eigenvalue weighted by molar-refractivity contribution is 5.96. The minimum Gasteiger partial charge on any atom is -0.497 e. The first-order valence-corrected chi connectivity index (χ1v) is 10.2. The Hall–Kier alpha value is -3.73. The molecule has 158 valence electrons. The SMILES string of the molecule is COc1cc(Cn2cc(CC(=O)Nc3cccc(C)c3)c3ccccc32)cc(OC)c1. The molecule has 0 aliphatic heterocycles. The summed E-state index contributed by atoms with van der Waals surface area (Å²) in [6, 6.07) is 21.9. The van der Waals surface area contributed by atoms with Crippen molar-refractivity contribution in [3.05, 3.63) is 89.6 Å². The molecule has 1 heterocycles. The van der Waals surface area contributed by atoms with Crippen LogP contribution in [0, 0.1) is 6.92 Å². The molecule has 5 nitrogen and oxygen atoms in total. The number of carbonyl (C=O) groups is 1. The lowest BCUT2D eigenvalue weighted by Crippen LogP contribution is -2.14. The van der Waals surface area contributed by atoms with Crippen LogP contribution in [0.3, 0.4) is 0 Å². The average molecular weight is 415 g/mol.